The summed E-state index contributed by atoms with van der Waals surface area (Å²) in [4.78, 5) is 19.4. The van der Waals surface area contributed by atoms with E-state index in [1.165, 1.54) is 0 Å². The number of aliphatic hydroxyl groups excluding tert-OH is 1. The summed E-state index contributed by atoms with van der Waals surface area (Å²) in [6.45, 7) is 7.02. The maximum atomic E-state index is 11.4. The highest BCUT2D eigenvalue weighted by Crippen LogP contribution is 2.09. The third-order valence-electron chi connectivity index (χ3n) is 1.85. The second-order valence-corrected chi connectivity index (χ2v) is 5.09. The van der Waals surface area contributed by atoms with Crippen LogP contribution in [0.5, 0.6) is 0 Å². The Morgan fingerprint density at radius 2 is 2.00 bits per heavy atom. The van der Waals surface area contributed by atoms with E-state index in [4.69, 9.17) is 4.74 Å². The summed E-state index contributed by atoms with van der Waals surface area (Å²) in [6.07, 6.45) is 2.56. The lowest BCUT2D eigenvalue weighted by atomic mass is 10.2. The molecule has 0 fully saturated rings. The van der Waals surface area contributed by atoms with Crippen molar-refractivity contribution < 1.29 is 14.6 Å². The molecule has 1 heterocycles. The summed E-state index contributed by atoms with van der Waals surface area (Å²) in [6, 6.07) is 0. The first kappa shape index (κ1) is 14.4. The maximum absolute atomic E-state index is 11.4. The number of carbonyl (C=O) groups is 1. The van der Waals surface area contributed by atoms with Crippen molar-refractivity contribution in [3.63, 3.8) is 0 Å². The number of amides is 1. The van der Waals surface area contributed by atoms with Gasteiger partial charge in [-0.2, -0.15) is 0 Å². The van der Waals surface area contributed by atoms with Crippen LogP contribution in [0.1, 0.15) is 33.3 Å². The number of anilines is 1. The van der Waals surface area contributed by atoms with Gasteiger partial charge in [0.25, 0.3) is 0 Å². The van der Waals surface area contributed by atoms with E-state index in [0.717, 1.165) is 5.56 Å². The van der Waals surface area contributed by atoms with E-state index in [1.54, 1.807) is 40.1 Å². The second kappa shape index (κ2) is 5.77. The normalized spacial score (nSPS) is 12.9. The van der Waals surface area contributed by atoms with Crippen molar-refractivity contribution in [2.75, 3.05) is 5.32 Å². The van der Waals surface area contributed by atoms with Gasteiger partial charge in [0.05, 0.1) is 6.10 Å². The molecular formula is C12H19N3O3. The van der Waals surface area contributed by atoms with Crippen LogP contribution in [0, 0.1) is 0 Å². The van der Waals surface area contributed by atoms with Gasteiger partial charge in [-0.3, -0.25) is 5.32 Å². The molecule has 100 valence electrons. The molecule has 0 aliphatic heterocycles. The minimum absolute atomic E-state index is 0.179. The number of aliphatic hydroxyl groups is 1. The van der Waals surface area contributed by atoms with Crippen molar-refractivity contribution in [3.8, 4) is 0 Å². The Hall–Kier alpha value is -1.69. The third kappa shape index (κ3) is 5.58. The summed E-state index contributed by atoms with van der Waals surface area (Å²) < 4.78 is 5.07. The molecule has 0 radical (unpaired) electrons. The minimum Gasteiger partial charge on any atom is -0.444 e. The minimum atomic E-state index is -0.592. The molecule has 0 bridgehead atoms. The molecule has 0 saturated heterocycles. The standard InChI is InChI=1S/C12H19N3O3/c1-8(16)5-9-6-13-10(14-7-9)15-11(17)18-12(2,3)4/h6-8,16H,5H2,1-4H3,(H,13,14,15,17)/t8-/m1/s1. The molecular weight excluding hydrogens is 234 g/mol. The van der Waals surface area contributed by atoms with Crippen LogP contribution in [0.15, 0.2) is 12.4 Å². The van der Waals surface area contributed by atoms with Gasteiger partial charge in [-0.05, 0) is 33.3 Å². The Morgan fingerprint density at radius 1 is 1.44 bits per heavy atom. The predicted octanol–water partition coefficient (Wildman–Crippen LogP) is 1.75. The maximum Gasteiger partial charge on any atom is 0.414 e. The number of hydrogen-bond donors (Lipinski definition) is 2. The van der Waals surface area contributed by atoms with E-state index in [1.807, 2.05) is 0 Å². The van der Waals surface area contributed by atoms with Gasteiger partial charge >= 0.3 is 6.09 Å². The Labute approximate surface area is 106 Å². The van der Waals surface area contributed by atoms with Crippen LogP contribution in [0.25, 0.3) is 0 Å². The number of ether oxygens (including phenoxy) is 1. The highest BCUT2D eigenvalue weighted by atomic mass is 16.6. The van der Waals surface area contributed by atoms with Gasteiger partial charge in [0.1, 0.15) is 5.60 Å². The first-order chi connectivity index (χ1) is 8.26. The van der Waals surface area contributed by atoms with Crippen molar-refractivity contribution in [1.29, 1.82) is 0 Å². The average Bonchev–Trinajstić information content (AvgIpc) is 2.17. The molecule has 0 spiro atoms. The monoisotopic (exact) mass is 253 g/mol. The third-order valence-corrected chi connectivity index (χ3v) is 1.85. The molecule has 1 amide bonds. The van der Waals surface area contributed by atoms with Crippen LogP contribution in [-0.4, -0.2) is 32.9 Å². The molecule has 1 aromatic heterocycles. The fourth-order valence-corrected chi connectivity index (χ4v) is 1.26. The van der Waals surface area contributed by atoms with E-state index in [-0.39, 0.29) is 5.95 Å². The van der Waals surface area contributed by atoms with Gasteiger partial charge in [-0.15, -0.1) is 0 Å². The summed E-state index contributed by atoms with van der Waals surface area (Å²) in [5, 5.41) is 11.6. The molecule has 0 aromatic carbocycles. The molecule has 18 heavy (non-hydrogen) atoms. The molecule has 1 aromatic rings. The zero-order valence-corrected chi connectivity index (χ0v) is 11.1. The van der Waals surface area contributed by atoms with E-state index < -0.39 is 17.8 Å². The van der Waals surface area contributed by atoms with Gasteiger partial charge in [0.2, 0.25) is 5.95 Å². The molecule has 0 unspecified atom stereocenters. The number of hydrogen-bond acceptors (Lipinski definition) is 5. The number of aromatic nitrogens is 2. The fourth-order valence-electron chi connectivity index (χ4n) is 1.26. The van der Waals surface area contributed by atoms with Gasteiger partial charge in [0, 0.05) is 18.8 Å². The van der Waals surface area contributed by atoms with Crippen LogP contribution in [-0.2, 0) is 11.2 Å². The molecule has 1 atom stereocenters. The molecule has 2 N–H and O–H groups in total. The van der Waals surface area contributed by atoms with E-state index in [9.17, 15) is 9.90 Å². The van der Waals surface area contributed by atoms with Crippen molar-refractivity contribution in [2.45, 2.75) is 45.8 Å². The average molecular weight is 253 g/mol. The fraction of sp³-hybridized carbons (Fsp3) is 0.583. The number of carbonyl (C=O) groups excluding carboxylic acids is 1. The van der Waals surface area contributed by atoms with Gasteiger partial charge in [-0.1, -0.05) is 0 Å². The largest absolute Gasteiger partial charge is 0.444 e. The van der Waals surface area contributed by atoms with Crippen molar-refractivity contribution in [2.24, 2.45) is 0 Å². The van der Waals surface area contributed by atoms with Gasteiger partial charge in [0.15, 0.2) is 0 Å². The summed E-state index contributed by atoms with van der Waals surface area (Å²) in [5.74, 6) is 0.179. The zero-order chi connectivity index (χ0) is 13.8. The van der Waals surface area contributed by atoms with E-state index in [2.05, 4.69) is 15.3 Å². The van der Waals surface area contributed by atoms with Gasteiger partial charge < -0.3 is 9.84 Å². The summed E-state index contributed by atoms with van der Waals surface area (Å²) in [7, 11) is 0. The Kier molecular flexibility index (Phi) is 4.61. The van der Waals surface area contributed by atoms with Gasteiger partial charge in [-0.25, -0.2) is 14.8 Å². The topological polar surface area (TPSA) is 84.3 Å². The van der Waals surface area contributed by atoms with Crippen LogP contribution >= 0.6 is 0 Å². The lowest BCUT2D eigenvalue weighted by molar-refractivity contribution is 0.0634. The highest BCUT2D eigenvalue weighted by molar-refractivity contribution is 5.82. The van der Waals surface area contributed by atoms with Crippen LogP contribution in [0.2, 0.25) is 0 Å². The zero-order valence-electron chi connectivity index (χ0n) is 11.1. The lowest BCUT2D eigenvalue weighted by Gasteiger charge is -2.19. The van der Waals surface area contributed by atoms with Crippen LogP contribution < -0.4 is 5.32 Å². The number of nitrogens with one attached hydrogen (secondary N) is 1. The first-order valence-electron chi connectivity index (χ1n) is 5.75. The molecule has 6 heteroatoms. The molecule has 1 rings (SSSR count). The molecule has 6 nitrogen and oxygen atoms in total. The second-order valence-electron chi connectivity index (χ2n) is 5.09. The smallest absolute Gasteiger partial charge is 0.414 e. The SMILES string of the molecule is C[C@@H](O)Cc1cnc(NC(=O)OC(C)(C)C)nc1. The number of rotatable bonds is 3. The number of nitrogens with zero attached hydrogens (tertiary/aromatic N) is 2. The Bertz CT molecular complexity index is 396. The van der Waals surface area contributed by atoms with Crippen LogP contribution in [0.4, 0.5) is 10.7 Å². The van der Waals surface area contributed by atoms with Crippen molar-refractivity contribution in [1.82, 2.24) is 9.97 Å². The van der Waals surface area contributed by atoms with Crippen molar-refractivity contribution >= 4 is 12.0 Å². The molecule has 0 aliphatic carbocycles. The summed E-state index contributed by atoms with van der Waals surface area (Å²) >= 11 is 0. The van der Waals surface area contributed by atoms with E-state index in [0.29, 0.717) is 6.42 Å². The molecule has 0 aliphatic rings. The molecule has 0 saturated carbocycles. The van der Waals surface area contributed by atoms with E-state index >= 15 is 0 Å². The Balaban J connectivity index is 2.56. The quantitative estimate of drug-likeness (QED) is 0.857. The highest BCUT2D eigenvalue weighted by Gasteiger charge is 2.16. The Morgan fingerprint density at radius 3 is 2.44 bits per heavy atom. The predicted molar refractivity (Wildman–Crippen MR) is 67.3 cm³/mol. The summed E-state index contributed by atoms with van der Waals surface area (Å²) in [5.41, 5.74) is 0.246. The van der Waals surface area contributed by atoms with Crippen LogP contribution in [0.3, 0.4) is 0 Å². The first-order valence-corrected chi connectivity index (χ1v) is 5.75. The van der Waals surface area contributed by atoms with Crippen molar-refractivity contribution in [3.05, 3.63) is 18.0 Å². The lowest BCUT2D eigenvalue weighted by Crippen LogP contribution is -2.27.